The Hall–Kier alpha value is -1.03. The Morgan fingerprint density at radius 2 is 2.25 bits per heavy atom. The lowest BCUT2D eigenvalue weighted by Gasteiger charge is -2.34. The van der Waals surface area contributed by atoms with Crippen LogP contribution in [-0.4, -0.2) is 17.9 Å². The first-order valence-electron chi connectivity index (χ1n) is 6.33. The van der Waals surface area contributed by atoms with E-state index in [4.69, 9.17) is 4.74 Å². The van der Waals surface area contributed by atoms with Crippen LogP contribution in [0.3, 0.4) is 0 Å². The maximum absolute atomic E-state index is 12.3. The second kappa shape index (κ2) is 4.48. The second-order valence-electron chi connectivity index (χ2n) is 5.43. The molecule has 1 aromatic heterocycles. The number of hydrogen-bond donors (Lipinski definition) is 0. The average molecular weight is 353 g/mol. The van der Waals surface area contributed by atoms with E-state index in [0.29, 0.717) is 6.42 Å². The average Bonchev–Trinajstić information content (AvgIpc) is 3.13. The van der Waals surface area contributed by atoms with E-state index in [1.165, 1.54) is 11.3 Å². The topological polar surface area (TPSA) is 63.0 Å². The summed E-state index contributed by atoms with van der Waals surface area (Å²) < 4.78 is 6.69. The van der Waals surface area contributed by atoms with E-state index >= 15 is 0 Å². The van der Waals surface area contributed by atoms with Gasteiger partial charge in [0.05, 0.1) is 15.1 Å². The molecule has 0 aliphatic heterocycles. The van der Waals surface area contributed by atoms with Crippen LogP contribution in [0.4, 0.5) is 0 Å². The Balaban J connectivity index is 2.15. The zero-order chi connectivity index (χ0) is 14.5. The van der Waals surface area contributed by atoms with Crippen LogP contribution in [0.15, 0.2) is 15.4 Å². The third-order valence-corrected chi connectivity index (χ3v) is 6.31. The number of thiazole rings is 1. The van der Waals surface area contributed by atoms with Crippen molar-refractivity contribution in [1.82, 2.24) is 4.98 Å². The number of Topliss-reactive ketones (excluding diaryl/α,β-unsaturated/α-hetero) is 1. The van der Waals surface area contributed by atoms with Gasteiger partial charge in [0.2, 0.25) is 0 Å². The quantitative estimate of drug-likeness (QED) is 0.819. The van der Waals surface area contributed by atoms with Gasteiger partial charge in [-0.25, -0.2) is 4.98 Å². The highest BCUT2D eigenvalue weighted by atomic mass is 79.9. The molecular weight excluding hydrogens is 340 g/mol. The number of ketones is 1. The normalized spacial score (nSPS) is 27.3. The fourth-order valence-corrected chi connectivity index (χ4v) is 4.25. The lowest BCUT2D eigenvalue weighted by Crippen LogP contribution is -2.38. The van der Waals surface area contributed by atoms with Gasteiger partial charge in [0, 0.05) is 12.5 Å². The van der Waals surface area contributed by atoms with E-state index in [-0.39, 0.29) is 11.4 Å². The molecule has 3 rings (SSSR count). The lowest BCUT2D eigenvalue weighted by atomic mass is 9.76. The lowest BCUT2D eigenvalue weighted by molar-refractivity contribution is -0.124. The number of allylic oxidation sites excluding steroid dienone is 1. The minimum atomic E-state index is -0.753. The van der Waals surface area contributed by atoms with Gasteiger partial charge in [0.15, 0.2) is 5.78 Å². The molecule has 1 saturated carbocycles. The predicted octanol–water partition coefficient (Wildman–Crippen LogP) is 3.26. The number of nitriles is 1. The molecule has 4 nitrogen and oxygen atoms in total. The highest BCUT2D eigenvalue weighted by molar-refractivity contribution is 9.11. The number of halogens is 1. The van der Waals surface area contributed by atoms with Crippen LogP contribution in [0.25, 0.3) is 0 Å². The van der Waals surface area contributed by atoms with Crippen molar-refractivity contribution in [2.24, 2.45) is 5.41 Å². The zero-order valence-electron chi connectivity index (χ0n) is 11.2. The van der Waals surface area contributed by atoms with Gasteiger partial charge < -0.3 is 4.74 Å². The fourth-order valence-electron chi connectivity index (χ4n) is 2.77. The molecule has 0 radical (unpaired) electrons. The first-order valence-corrected chi connectivity index (χ1v) is 7.94. The molecule has 1 heterocycles. The molecule has 1 spiro atoms. The Kier molecular flexibility index (Phi) is 3.12. The molecule has 104 valence electrons. The summed E-state index contributed by atoms with van der Waals surface area (Å²) in [6, 6.07) is 2.03. The number of hydrogen-bond acceptors (Lipinski definition) is 5. The van der Waals surface area contributed by atoms with Crippen LogP contribution in [0.1, 0.15) is 30.0 Å². The van der Waals surface area contributed by atoms with Crippen molar-refractivity contribution in [3.05, 3.63) is 26.1 Å². The van der Waals surface area contributed by atoms with Gasteiger partial charge >= 0.3 is 0 Å². The summed E-state index contributed by atoms with van der Waals surface area (Å²) in [5.74, 6) is -0.0278. The summed E-state index contributed by atoms with van der Waals surface area (Å²) in [5, 5.41) is 10.0. The molecule has 1 atom stereocenters. The third-order valence-electron chi connectivity index (χ3n) is 4.15. The molecule has 2 aliphatic rings. The number of ether oxygens (including phenoxy) is 1. The van der Waals surface area contributed by atoms with E-state index in [1.54, 1.807) is 13.2 Å². The van der Waals surface area contributed by atoms with Crippen LogP contribution in [0.2, 0.25) is 0 Å². The molecule has 1 unspecified atom stereocenters. The van der Waals surface area contributed by atoms with Crippen molar-refractivity contribution in [3.8, 4) is 6.07 Å². The summed E-state index contributed by atoms with van der Waals surface area (Å²) in [7, 11) is 1.61. The molecule has 1 fully saturated rings. The van der Waals surface area contributed by atoms with E-state index in [1.807, 2.05) is 13.0 Å². The monoisotopic (exact) mass is 352 g/mol. The summed E-state index contributed by atoms with van der Waals surface area (Å²) >= 11 is 4.97. The van der Waals surface area contributed by atoms with Crippen LogP contribution in [0, 0.1) is 23.7 Å². The smallest absolute Gasteiger partial charge is 0.179 e. The van der Waals surface area contributed by atoms with Crippen molar-refractivity contribution in [2.45, 2.75) is 31.8 Å². The van der Waals surface area contributed by atoms with Crippen LogP contribution in [0.5, 0.6) is 0 Å². The van der Waals surface area contributed by atoms with Gasteiger partial charge in [-0.1, -0.05) is 0 Å². The van der Waals surface area contributed by atoms with Gasteiger partial charge in [-0.15, -0.1) is 11.3 Å². The van der Waals surface area contributed by atoms with Crippen LogP contribution >= 0.6 is 27.3 Å². The second-order valence-corrected chi connectivity index (χ2v) is 7.74. The predicted molar refractivity (Wildman–Crippen MR) is 78.2 cm³/mol. The summed E-state index contributed by atoms with van der Waals surface area (Å²) in [6.45, 7) is 1.92. The number of carbonyl (C=O) groups is 1. The van der Waals surface area contributed by atoms with Crippen molar-refractivity contribution in [1.29, 1.82) is 5.26 Å². The van der Waals surface area contributed by atoms with Gasteiger partial charge in [-0.2, -0.15) is 5.26 Å². The van der Waals surface area contributed by atoms with Crippen molar-refractivity contribution < 1.29 is 9.53 Å². The maximum Gasteiger partial charge on any atom is 0.179 e. The molecule has 6 heteroatoms. The van der Waals surface area contributed by atoms with E-state index in [9.17, 15) is 10.1 Å². The minimum Gasteiger partial charge on any atom is -0.367 e. The molecule has 0 aromatic carbocycles. The van der Waals surface area contributed by atoms with Gasteiger partial charge in [0.1, 0.15) is 16.7 Å². The standard InChI is InChI=1S/C14H13BrN2O2S/c1-8-11(15)20-12(17-8)14(19-2)5-9(6-16)10(18)13(7-14)3-4-13/h5H,3-4,7H2,1-2H3. The van der Waals surface area contributed by atoms with Crippen molar-refractivity contribution in [3.63, 3.8) is 0 Å². The third kappa shape index (κ3) is 1.88. The Bertz CT molecular complexity index is 650. The largest absolute Gasteiger partial charge is 0.367 e. The van der Waals surface area contributed by atoms with Crippen LogP contribution in [-0.2, 0) is 15.1 Å². The van der Waals surface area contributed by atoms with Crippen molar-refractivity contribution in [2.75, 3.05) is 7.11 Å². The SMILES string of the molecule is COC1(c2nc(C)c(Br)s2)C=C(C#N)C(=O)C2(CC2)C1. The first-order chi connectivity index (χ1) is 9.46. The molecule has 0 amide bonds. The summed E-state index contributed by atoms with van der Waals surface area (Å²) in [6.07, 6.45) is 3.91. The fraction of sp³-hybridized carbons (Fsp3) is 0.500. The molecule has 2 aliphatic carbocycles. The molecule has 1 aromatic rings. The Morgan fingerprint density at radius 1 is 1.55 bits per heavy atom. The number of rotatable bonds is 2. The van der Waals surface area contributed by atoms with Crippen LogP contribution < -0.4 is 0 Å². The van der Waals surface area contributed by atoms with E-state index < -0.39 is 11.0 Å². The van der Waals surface area contributed by atoms with E-state index in [0.717, 1.165) is 27.3 Å². The highest BCUT2D eigenvalue weighted by Gasteiger charge is 2.59. The molecular formula is C14H13BrN2O2S. The van der Waals surface area contributed by atoms with Crippen molar-refractivity contribution >= 4 is 33.0 Å². The van der Waals surface area contributed by atoms with Gasteiger partial charge in [-0.3, -0.25) is 4.79 Å². The number of carbonyl (C=O) groups excluding carboxylic acids is 1. The minimum absolute atomic E-state index is 0.0278. The molecule has 20 heavy (non-hydrogen) atoms. The summed E-state index contributed by atoms with van der Waals surface area (Å²) in [5.41, 5.74) is -0.0478. The highest BCUT2D eigenvalue weighted by Crippen LogP contribution is 2.59. The molecule has 0 N–H and O–H groups in total. The number of nitrogens with zero attached hydrogens (tertiary/aromatic N) is 2. The number of aromatic nitrogens is 1. The van der Waals surface area contributed by atoms with E-state index in [2.05, 4.69) is 20.9 Å². The first kappa shape index (κ1) is 13.9. The number of aryl methyl sites for hydroxylation is 1. The zero-order valence-corrected chi connectivity index (χ0v) is 13.6. The van der Waals surface area contributed by atoms with Gasteiger partial charge in [-0.05, 0) is 48.2 Å². The van der Waals surface area contributed by atoms with Gasteiger partial charge in [0.25, 0.3) is 0 Å². The summed E-state index contributed by atoms with van der Waals surface area (Å²) in [4.78, 5) is 16.8. The molecule has 0 bridgehead atoms. The molecule has 0 saturated heterocycles. The Labute approximate surface area is 129 Å². The maximum atomic E-state index is 12.3. The Morgan fingerprint density at radius 3 is 2.70 bits per heavy atom. The number of methoxy groups -OCH3 is 1.